The average molecular weight is 529 g/mol. The van der Waals surface area contributed by atoms with Gasteiger partial charge in [-0.2, -0.15) is 5.21 Å². The Morgan fingerprint density at radius 1 is 0.923 bits per heavy atom. The molecule has 0 aliphatic rings. The van der Waals surface area contributed by atoms with Crippen molar-refractivity contribution in [3.05, 3.63) is 78.6 Å². The molecule has 4 rings (SSSR count). The van der Waals surface area contributed by atoms with Crippen LogP contribution in [-0.4, -0.2) is 25.5 Å². The SMILES string of the molecule is Fc1c[c-]c(-c2ccccn2)c(F)c1.[Ir].c1ccc(-c2nnn[n-]2)nc1. The summed E-state index contributed by atoms with van der Waals surface area (Å²) in [5, 5.41) is 14.0. The first-order chi connectivity index (χ1) is 12.2. The van der Waals surface area contributed by atoms with Crippen LogP contribution in [0.3, 0.4) is 0 Å². The van der Waals surface area contributed by atoms with Crippen molar-refractivity contribution in [2.24, 2.45) is 0 Å². The molecule has 0 aliphatic heterocycles. The number of aromatic nitrogens is 6. The van der Waals surface area contributed by atoms with Crippen molar-refractivity contribution in [2.45, 2.75) is 0 Å². The first kappa shape index (κ1) is 19.4. The van der Waals surface area contributed by atoms with Crippen LogP contribution in [0.15, 0.2) is 60.9 Å². The number of pyridine rings is 2. The van der Waals surface area contributed by atoms with E-state index >= 15 is 0 Å². The molecule has 4 aromatic rings. The number of tetrazole rings is 1. The quantitative estimate of drug-likeness (QED) is 0.373. The zero-order chi connectivity index (χ0) is 17.5. The number of rotatable bonds is 2. The van der Waals surface area contributed by atoms with E-state index in [1.165, 1.54) is 0 Å². The van der Waals surface area contributed by atoms with Crippen molar-refractivity contribution < 1.29 is 28.9 Å². The smallest absolute Gasteiger partial charge is 0.0772 e. The molecule has 1 radical (unpaired) electrons. The summed E-state index contributed by atoms with van der Waals surface area (Å²) in [6.07, 6.45) is 3.22. The Labute approximate surface area is 161 Å². The molecule has 0 unspecified atom stereocenters. The van der Waals surface area contributed by atoms with Crippen LogP contribution in [0.1, 0.15) is 0 Å². The van der Waals surface area contributed by atoms with Crippen molar-refractivity contribution in [1.82, 2.24) is 30.6 Å². The van der Waals surface area contributed by atoms with E-state index in [4.69, 9.17) is 0 Å². The zero-order valence-corrected chi connectivity index (χ0v) is 15.4. The van der Waals surface area contributed by atoms with Crippen LogP contribution in [-0.2, 0) is 20.1 Å². The van der Waals surface area contributed by atoms with Crippen molar-refractivity contribution in [2.75, 3.05) is 0 Å². The van der Waals surface area contributed by atoms with E-state index in [2.05, 4.69) is 36.7 Å². The molecule has 3 heterocycles. The Morgan fingerprint density at radius 2 is 1.62 bits per heavy atom. The second-order valence-electron chi connectivity index (χ2n) is 4.67. The molecular formula is C17H10F2IrN6-2. The molecule has 0 N–H and O–H groups in total. The predicted molar refractivity (Wildman–Crippen MR) is 84.8 cm³/mol. The second kappa shape index (κ2) is 9.55. The third-order valence-electron chi connectivity index (χ3n) is 2.99. The maximum atomic E-state index is 13.2. The van der Waals surface area contributed by atoms with Gasteiger partial charge in [0.05, 0.1) is 11.5 Å². The summed E-state index contributed by atoms with van der Waals surface area (Å²) in [5.41, 5.74) is 1.33. The molecule has 9 heteroatoms. The molecule has 1 aromatic carbocycles. The summed E-state index contributed by atoms with van der Waals surface area (Å²) < 4.78 is 25.8. The third-order valence-corrected chi connectivity index (χ3v) is 2.99. The fourth-order valence-electron chi connectivity index (χ4n) is 1.89. The summed E-state index contributed by atoms with van der Waals surface area (Å²) in [5.74, 6) is -0.823. The largest absolute Gasteiger partial charge is 0.329 e. The van der Waals surface area contributed by atoms with Crippen LogP contribution < -0.4 is 5.10 Å². The minimum Gasteiger partial charge on any atom is -0.329 e. The number of halogens is 2. The molecule has 3 aromatic heterocycles. The van der Waals surface area contributed by atoms with Crippen molar-refractivity contribution in [3.63, 3.8) is 0 Å². The minimum absolute atomic E-state index is 0. The molecule has 0 spiro atoms. The topological polar surface area (TPSA) is 78.5 Å². The molecule has 0 atom stereocenters. The van der Waals surface area contributed by atoms with Crippen LogP contribution in [0.5, 0.6) is 0 Å². The Hall–Kier alpha value is -2.90. The molecular weight excluding hydrogens is 518 g/mol. The fraction of sp³-hybridized carbons (Fsp3) is 0. The van der Waals surface area contributed by atoms with E-state index in [0.717, 1.165) is 12.1 Å². The van der Waals surface area contributed by atoms with Crippen LogP contribution >= 0.6 is 0 Å². The maximum Gasteiger partial charge on any atom is 0.0772 e. The first-order valence-electron chi connectivity index (χ1n) is 7.12. The van der Waals surface area contributed by atoms with Gasteiger partial charge in [0.25, 0.3) is 0 Å². The molecule has 26 heavy (non-hydrogen) atoms. The summed E-state index contributed by atoms with van der Waals surface area (Å²) in [6, 6.07) is 15.0. The average Bonchev–Trinajstić information content (AvgIpc) is 3.19. The van der Waals surface area contributed by atoms with Crippen LogP contribution in [0.2, 0.25) is 0 Å². The van der Waals surface area contributed by atoms with Gasteiger partial charge in [-0.05, 0) is 23.9 Å². The first-order valence-corrected chi connectivity index (χ1v) is 7.12. The standard InChI is InChI=1S/C11H6F2N.C6H4N5.Ir/c12-8-4-5-9(10(13)7-8)11-3-1-2-6-14-11;1-2-4-7-5(3-1)6-8-10-11-9-6;/h1-4,6-7H;1-4H;/q2*-1;. The van der Waals surface area contributed by atoms with Gasteiger partial charge in [-0.15, -0.1) is 12.1 Å². The number of benzene rings is 1. The van der Waals surface area contributed by atoms with Gasteiger partial charge < -0.3 is 10.1 Å². The van der Waals surface area contributed by atoms with E-state index in [9.17, 15) is 8.78 Å². The van der Waals surface area contributed by atoms with E-state index in [1.807, 2.05) is 12.1 Å². The van der Waals surface area contributed by atoms with Crippen LogP contribution in [0.4, 0.5) is 8.78 Å². The molecule has 0 amide bonds. The van der Waals surface area contributed by atoms with Gasteiger partial charge in [0.15, 0.2) is 0 Å². The molecule has 0 saturated heterocycles. The Balaban J connectivity index is 0.000000184. The van der Waals surface area contributed by atoms with Crippen molar-refractivity contribution >= 4 is 0 Å². The van der Waals surface area contributed by atoms with E-state index in [-0.39, 0.29) is 25.7 Å². The minimum atomic E-state index is -0.649. The normalized spacial score (nSPS) is 9.62. The summed E-state index contributed by atoms with van der Waals surface area (Å²) in [4.78, 5) is 7.96. The van der Waals surface area contributed by atoms with Gasteiger partial charge in [0.1, 0.15) is 0 Å². The van der Waals surface area contributed by atoms with Gasteiger partial charge in [0.2, 0.25) is 0 Å². The zero-order valence-electron chi connectivity index (χ0n) is 13.0. The summed E-state index contributed by atoms with van der Waals surface area (Å²) in [7, 11) is 0. The second-order valence-corrected chi connectivity index (χ2v) is 4.67. The van der Waals surface area contributed by atoms with Crippen molar-refractivity contribution in [3.8, 4) is 22.8 Å². The maximum absolute atomic E-state index is 13.2. The summed E-state index contributed by atoms with van der Waals surface area (Å²) in [6.45, 7) is 0. The molecule has 133 valence electrons. The summed E-state index contributed by atoms with van der Waals surface area (Å²) >= 11 is 0. The van der Waals surface area contributed by atoms with Gasteiger partial charge >= 0.3 is 0 Å². The predicted octanol–water partition coefficient (Wildman–Crippen LogP) is 2.72. The van der Waals surface area contributed by atoms with Gasteiger partial charge in [-0.1, -0.05) is 29.8 Å². The van der Waals surface area contributed by atoms with E-state index in [1.54, 1.807) is 36.7 Å². The number of hydrogen-bond donors (Lipinski definition) is 0. The molecule has 0 saturated carbocycles. The Morgan fingerprint density at radius 3 is 2.15 bits per heavy atom. The Kier molecular flexibility index (Phi) is 7.13. The van der Waals surface area contributed by atoms with Crippen molar-refractivity contribution in [1.29, 1.82) is 0 Å². The van der Waals surface area contributed by atoms with E-state index < -0.39 is 11.6 Å². The van der Waals surface area contributed by atoms with Gasteiger partial charge in [-0.3, -0.25) is 24.1 Å². The van der Waals surface area contributed by atoms with Crippen LogP contribution in [0.25, 0.3) is 22.8 Å². The molecule has 0 bridgehead atoms. The fourth-order valence-corrected chi connectivity index (χ4v) is 1.89. The monoisotopic (exact) mass is 529 g/mol. The number of nitrogens with zero attached hydrogens (tertiary/aromatic N) is 6. The van der Waals surface area contributed by atoms with Crippen LogP contribution in [0, 0.1) is 17.7 Å². The molecule has 6 nitrogen and oxygen atoms in total. The Bertz CT molecular complexity index is 921. The number of hydrogen-bond acceptors (Lipinski definition) is 5. The third kappa shape index (κ3) is 5.05. The molecule has 0 aliphatic carbocycles. The molecule has 0 fully saturated rings. The van der Waals surface area contributed by atoms with Gasteiger partial charge in [-0.25, -0.2) is 0 Å². The van der Waals surface area contributed by atoms with E-state index in [0.29, 0.717) is 17.2 Å². The van der Waals surface area contributed by atoms with Gasteiger partial charge in [0, 0.05) is 44.1 Å².